The molecule has 1 aliphatic rings. The van der Waals surface area contributed by atoms with Gasteiger partial charge in [-0.1, -0.05) is 12.1 Å². The first-order valence-corrected chi connectivity index (χ1v) is 8.46. The summed E-state index contributed by atoms with van der Waals surface area (Å²) in [6.07, 6.45) is -1.21. The molecule has 1 saturated heterocycles. The molecule has 158 valence electrons. The second-order valence-corrected chi connectivity index (χ2v) is 6.08. The summed E-state index contributed by atoms with van der Waals surface area (Å²) in [6.45, 7) is 0. The fraction of sp³-hybridized carbons (Fsp3) is 0.474. The van der Waals surface area contributed by atoms with Gasteiger partial charge in [0.15, 0.2) is 0 Å². The molecule has 10 heteroatoms. The van der Waals surface area contributed by atoms with Gasteiger partial charge in [-0.15, -0.1) is 0 Å². The first-order valence-electron chi connectivity index (χ1n) is 8.46. The molecule has 10 nitrogen and oxygen atoms in total. The van der Waals surface area contributed by atoms with Gasteiger partial charge in [-0.25, -0.2) is 9.59 Å². The van der Waals surface area contributed by atoms with E-state index in [1.807, 2.05) is 0 Å². The smallest absolute Gasteiger partial charge is 0.351 e. The molecule has 0 saturated carbocycles. The van der Waals surface area contributed by atoms with Gasteiger partial charge in [0, 0.05) is 0 Å². The molecule has 0 N–H and O–H groups in total. The van der Waals surface area contributed by atoms with Crippen LogP contribution in [0.15, 0.2) is 24.3 Å². The Morgan fingerprint density at radius 3 is 1.72 bits per heavy atom. The molecule has 1 aliphatic heterocycles. The molecule has 2 rings (SSSR count). The van der Waals surface area contributed by atoms with Crippen LogP contribution in [0.3, 0.4) is 0 Å². The molecule has 1 heterocycles. The summed E-state index contributed by atoms with van der Waals surface area (Å²) in [5, 5.41) is 0. The average Bonchev–Trinajstić information content (AvgIpc) is 3.14. The lowest BCUT2D eigenvalue weighted by Gasteiger charge is -2.27. The first-order chi connectivity index (χ1) is 13.8. The van der Waals surface area contributed by atoms with Gasteiger partial charge < -0.3 is 28.4 Å². The summed E-state index contributed by atoms with van der Waals surface area (Å²) in [6, 6.07) is 6.32. The van der Waals surface area contributed by atoms with E-state index in [0.717, 1.165) is 28.4 Å². The first kappa shape index (κ1) is 22.2. The minimum absolute atomic E-state index is 0.393. The molecule has 0 amide bonds. The number of ether oxygens (including phenoxy) is 6. The highest BCUT2D eigenvalue weighted by Crippen LogP contribution is 2.50. The lowest BCUT2D eigenvalue weighted by Crippen LogP contribution is -2.56. The average molecular weight is 410 g/mol. The van der Waals surface area contributed by atoms with Crippen LogP contribution in [0.2, 0.25) is 0 Å². The van der Waals surface area contributed by atoms with Gasteiger partial charge in [0.05, 0.1) is 41.7 Å². The van der Waals surface area contributed by atoms with E-state index in [-0.39, 0.29) is 0 Å². The van der Waals surface area contributed by atoms with Gasteiger partial charge in [-0.05, 0) is 17.7 Å². The van der Waals surface area contributed by atoms with E-state index >= 15 is 0 Å². The molecule has 29 heavy (non-hydrogen) atoms. The zero-order chi connectivity index (χ0) is 21.8. The number of carbonyl (C=O) groups is 4. The quantitative estimate of drug-likeness (QED) is 0.370. The van der Waals surface area contributed by atoms with Crippen molar-refractivity contribution in [3.63, 3.8) is 0 Å². The summed E-state index contributed by atoms with van der Waals surface area (Å²) in [4.78, 5) is 50.6. The normalized spacial score (nSPS) is 22.3. The standard InChI is InChI=1S/C19H22O10/c1-24-11-8-6-10(7-9-11)14-12(15(20)25-2)13(16(21)26-3)19(29-14,17(22)27-4)18(23)28-5/h6-9,12-14H,1-5H3/t12-,13+,14-/m1/s1. The predicted molar refractivity (Wildman–Crippen MR) is 94.6 cm³/mol. The maximum absolute atomic E-state index is 12.7. The van der Waals surface area contributed by atoms with Crippen molar-refractivity contribution in [2.24, 2.45) is 11.8 Å². The van der Waals surface area contributed by atoms with E-state index in [1.54, 1.807) is 24.3 Å². The highest BCUT2D eigenvalue weighted by atomic mass is 16.6. The van der Waals surface area contributed by atoms with Crippen molar-refractivity contribution in [1.82, 2.24) is 0 Å². The molecular weight excluding hydrogens is 388 g/mol. The maximum atomic E-state index is 12.7. The van der Waals surface area contributed by atoms with Crippen molar-refractivity contribution in [1.29, 1.82) is 0 Å². The van der Waals surface area contributed by atoms with Gasteiger partial charge in [0.2, 0.25) is 0 Å². The molecule has 0 bridgehead atoms. The minimum Gasteiger partial charge on any atom is -0.497 e. The number of methoxy groups -OCH3 is 5. The fourth-order valence-corrected chi connectivity index (χ4v) is 3.42. The van der Waals surface area contributed by atoms with Crippen LogP contribution >= 0.6 is 0 Å². The molecule has 1 aromatic rings. The van der Waals surface area contributed by atoms with Gasteiger partial charge in [-0.2, -0.15) is 0 Å². The summed E-state index contributed by atoms with van der Waals surface area (Å²) in [5.74, 6) is -6.89. The van der Waals surface area contributed by atoms with Crippen molar-refractivity contribution in [2.75, 3.05) is 35.5 Å². The third kappa shape index (κ3) is 3.63. The minimum atomic E-state index is -2.56. The van der Waals surface area contributed by atoms with E-state index in [2.05, 4.69) is 0 Å². The molecule has 1 aromatic carbocycles. The van der Waals surface area contributed by atoms with Crippen LogP contribution in [-0.2, 0) is 42.9 Å². The maximum Gasteiger partial charge on any atom is 0.351 e. The monoisotopic (exact) mass is 410 g/mol. The Kier molecular flexibility index (Phi) is 6.80. The zero-order valence-electron chi connectivity index (χ0n) is 16.6. The fourth-order valence-electron chi connectivity index (χ4n) is 3.42. The van der Waals surface area contributed by atoms with Crippen LogP contribution in [0.1, 0.15) is 11.7 Å². The topological polar surface area (TPSA) is 124 Å². The van der Waals surface area contributed by atoms with Crippen molar-refractivity contribution in [3.8, 4) is 5.75 Å². The largest absolute Gasteiger partial charge is 0.497 e. The Morgan fingerprint density at radius 1 is 0.793 bits per heavy atom. The molecule has 0 aromatic heterocycles. The molecular formula is C19H22O10. The lowest BCUT2D eigenvalue weighted by atomic mass is 9.77. The summed E-state index contributed by atoms with van der Waals surface area (Å²) < 4.78 is 29.9. The van der Waals surface area contributed by atoms with Gasteiger partial charge in [0.1, 0.15) is 17.6 Å². The molecule has 3 atom stereocenters. The molecule has 1 fully saturated rings. The summed E-state index contributed by atoms with van der Waals surface area (Å²) in [7, 11) is 5.66. The van der Waals surface area contributed by atoms with Gasteiger partial charge in [-0.3, -0.25) is 9.59 Å². The van der Waals surface area contributed by atoms with Gasteiger partial charge >= 0.3 is 23.9 Å². The van der Waals surface area contributed by atoms with E-state index < -0.39 is 47.4 Å². The van der Waals surface area contributed by atoms with Gasteiger partial charge in [0.25, 0.3) is 5.60 Å². The van der Waals surface area contributed by atoms with Crippen molar-refractivity contribution < 1.29 is 47.6 Å². The highest BCUT2D eigenvalue weighted by molar-refractivity contribution is 6.09. The van der Waals surface area contributed by atoms with Crippen LogP contribution in [0.5, 0.6) is 5.75 Å². The second-order valence-electron chi connectivity index (χ2n) is 6.08. The SMILES string of the molecule is COC(=O)[C@H]1[C@@H](c2ccc(OC)cc2)OC(C(=O)OC)(C(=O)OC)[C@@H]1C(=O)OC. The van der Waals surface area contributed by atoms with E-state index in [9.17, 15) is 19.2 Å². The third-order valence-corrected chi connectivity index (χ3v) is 4.79. The summed E-state index contributed by atoms with van der Waals surface area (Å²) in [5.41, 5.74) is -2.16. The van der Waals surface area contributed by atoms with Crippen LogP contribution in [-0.4, -0.2) is 65.0 Å². The number of rotatable bonds is 6. The second kappa shape index (κ2) is 8.91. The van der Waals surface area contributed by atoms with Crippen molar-refractivity contribution in [2.45, 2.75) is 11.7 Å². The molecule has 0 spiro atoms. The van der Waals surface area contributed by atoms with Crippen molar-refractivity contribution in [3.05, 3.63) is 29.8 Å². The molecule has 0 radical (unpaired) electrons. The number of hydrogen-bond donors (Lipinski definition) is 0. The van der Waals surface area contributed by atoms with Crippen LogP contribution < -0.4 is 4.74 Å². The predicted octanol–water partition coefficient (Wildman–Crippen LogP) is 0.430. The number of benzene rings is 1. The molecule has 0 unspecified atom stereocenters. The zero-order valence-corrected chi connectivity index (χ0v) is 16.6. The van der Waals surface area contributed by atoms with Crippen molar-refractivity contribution >= 4 is 23.9 Å². The van der Waals surface area contributed by atoms with E-state index in [4.69, 9.17) is 28.4 Å². The number of esters is 4. The third-order valence-electron chi connectivity index (χ3n) is 4.79. The number of hydrogen-bond acceptors (Lipinski definition) is 10. The summed E-state index contributed by atoms with van der Waals surface area (Å²) >= 11 is 0. The Hall–Kier alpha value is -3.14. The Morgan fingerprint density at radius 2 is 1.31 bits per heavy atom. The Balaban J connectivity index is 2.73. The number of carbonyl (C=O) groups excluding carboxylic acids is 4. The van der Waals surface area contributed by atoms with Crippen LogP contribution in [0.25, 0.3) is 0 Å². The lowest BCUT2D eigenvalue weighted by molar-refractivity contribution is -0.194. The Bertz CT molecular complexity index is 769. The van der Waals surface area contributed by atoms with Crippen LogP contribution in [0, 0.1) is 11.8 Å². The van der Waals surface area contributed by atoms with E-state index in [1.165, 1.54) is 7.11 Å². The highest BCUT2D eigenvalue weighted by Gasteiger charge is 2.71. The Labute approximate surface area is 166 Å². The molecule has 0 aliphatic carbocycles. The van der Waals surface area contributed by atoms with Crippen LogP contribution in [0.4, 0.5) is 0 Å². The van der Waals surface area contributed by atoms with E-state index in [0.29, 0.717) is 11.3 Å².